The highest BCUT2D eigenvalue weighted by molar-refractivity contribution is 8.14. The van der Waals surface area contributed by atoms with Gasteiger partial charge in [-0.3, -0.25) is 9.59 Å². The van der Waals surface area contributed by atoms with E-state index in [4.69, 9.17) is 33.7 Å². The molecular weight excluding hydrogens is 459 g/mol. The molecule has 1 heterocycles. The maximum Gasteiger partial charge on any atom is 0.248 e. The Labute approximate surface area is 194 Å². The second-order valence-corrected chi connectivity index (χ2v) is 8.29. The molecule has 1 aliphatic rings. The monoisotopic (exact) mass is 478 g/mol. The quantitative estimate of drug-likeness (QED) is 0.578. The van der Waals surface area contributed by atoms with Gasteiger partial charge in [-0.25, -0.2) is 4.99 Å². The van der Waals surface area contributed by atoms with Crippen molar-refractivity contribution in [1.29, 1.82) is 0 Å². The number of hydrogen-bond donors (Lipinski definition) is 3. The van der Waals surface area contributed by atoms with Crippen molar-refractivity contribution in [3.05, 3.63) is 69.3 Å². The number of carbonyl (C=O) groups is 2. The van der Waals surface area contributed by atoms with E-state index in [1.165, 1.54) is 18.9 Å². The largest absolute Gasteiger partial charge is 0.495 e. The molecule has 31 heavy (non-hydrogen) atoms. The van der Waals surface area contributed by atoms with Crippen molar-refractivity contribution in [3.63, 3.8) is 0 Å². The molecule has 0 saturated heterocycles. The molecule has 0 aliphatic carbocycles. The molecule has 0 radical (unpaired) electrons. The van der Waals surface area contributed by atoms with Gasteiger partial charge in [0.25, 0.3) is 0 Å². The van der Waals surface area contributed by atoms with Gasteiger partial charge in [-0.05, 0) is 25.1 Å². The highest BCUT2D eigenvalue weighted by Crippen LogP contribution is 2.38. The Morgan fingerprint density at radius 1 is 1.23 bits per heavy atom. The molecule has 0 unspecified atom stereocenters. The summed E-state index contributed by atoms with van der Waals surface area (Å²) in [7, 11) is 1.53. The van der Waals surface area contributed by atoms with E-state index in [1.807, 2.05) is 6.07 Å². The Morgan fingerprint density at radius 2 is 1.97 bits per heavy atom. The van der Waals surface area contributed by atoms with Crippen molar-refractivity contribution >= 4 is 57.6 Å². The number of ether oxygens (including phenoxy) is 1. The standard InChI is InChI=1S/C21H20Cl2N4O3S/c1-11-17(20(24)29)19(12-6-5-7-13(22)18(12)23)27-21(25-11)31-10-16(28)26-14-8-3-4-9-15(14)30-2/h3-9,19H,10H2,1-2H3,(H2,24,29)(H,25,27)(H,26,28)/t19-/m0/s1. The molecule has 0 saturated carbocycles. The second kappa shape index (κ2) is 10.1. The first kappa shape index (κ1) is 23.0. The summed E-state index contributed by atoms with van der Waals surface area (Å²) in [5.74, 6) is -0.208. The first-order valence-electron chi connectivity index (χ1n) is 9.16. The van der Waals surface area contributed by atoms with Gasteiger partial charge in [0.1, 0.15) is 11.8 Å². The van der Waals surface area contributed by atoms with E-state index in [2.05, 4.69) is 15.6 Å². The van der Waals surface area contributed by atoms with Crippen molar-refractivity contribution in [1.82, 2.24) is 5.32 Å². The molecular formula is C21H20Cl2N4O3S. The van der Waals surface area contributed by atoms with Gasteiger partial charge < -0.3 is 21.1 Å². The number of thioether (sulfide) groups is 1. The number of primary amides is 1. The lowest BCUT2D eigenvalue weighted by atomic mass is 9.96. The van der Waals surface area contributed by atoms with E-state index < -0.39 is 11.9 Å². The number of para-hydroxylation sites is 2. The van der Waals surface area contributed by atoms with Crippen LogP contribution in [-0.4, -0.2) is 29.8 Å². The van der Waals surface area contributed by atoms with E-state index >= 15 is 0 Å². The molecule has 3 rings (SSSR count). The van der Waals surface area contributed by atoms with Gasteiger partial charge >= 0.3 is 0 Å². The fourth-order valence-corrected chi connectivity index (χ4v) is 4.22. The summed E-state index contributed by atoms with van der Waals surface area (Å²) < 4.78 is 5.24. The third-order valence-corrected chi connectivity index (χ3v) is 6.20. The van der Waals surface area contributed by atoms with Crippen LogP contribution in [0.3, 0.4) is 0 Å². The van der Waals surface area contributed by atoms with E-state index in [0.717, 1.165) is 0 Å². The zero-order chi connectivity index (χ0) is 22.5. The molecule has 1 aliphatic heterocycles. The van der Waals surface area contributed by atoms with Crippen molar-refractivity contribution in [2.45, 2.75) is 13.0 Å². The number of aliphatic imine (C=N–C) groups is 1. The average Bonchev–Trinajstić information content (AvgIpc) is 2.74. The first-order valence-corrected chi connectivity index (χ1v) is 10.9. The van der Waals surface area contributed by atoms with Gasteiger partial charge in [-0.1, -0.05) is 59.2 Å². The van der Waals surface area contributed by atoms with Crippen LogP contribution in [0.15, 0.2) is 58.7 Å². The maximum atomic E-state index is 12.4. The van der Waals surface area contributed by atoms with Gasteiger partial charge in [-0.15, -0.1) is 0 Å². The van der Waals surface area contributed by atoms with Crippen molar-refractivity contribution in [3.8, 4) is 5.75 Å². The molecule has 2 aromatic carbocycles. The summed E-state index contributed by atoms with van der Waals surface area (Å²) in [5, 5.41) is 6.94. The summed E-state index contributed by atoms with van der Waals surface area (Å²) in [6.07, 6.45) is 0. The summed E-state index contributed by atoms with van der Waals surface area (Å²) >= 11 is 13.7. The number of amidine groups is 1. The SMILES string of the molecule is COc1ccccc1NC(=O)CSC1=N[C@@H](c2cccc(Cl)c2Cl)C(C(N)=O)=C(C)N1. The molecule has 162 valence electrons. The zero-order valence-corrected chi connectivity index (χ0v) is 19.1. The Bertz CT molecular complexity index is 1090. The van der Waals surface area contributed by atoms with Crippen LogP contribution in [0, 0.1) is 0 Å². The van der Waals surface area contributed by atoms with Gasteiger partial charge in [0.15, 0.2) is 5.17 Å². The lowest BCUT2D eigenvalue weighted by Gasteiger charge is -2.26. The van der Waals surface area contributed by atoms with E-state index in [-0.39, 0.29) is 17.2 Å². The molecule has 0 spiro atoms. The number of nitrogens with zero attached hydrogens (tertiary/aromatic N) is 1. The molecule has 0 aromatic heterocycles. The third kappa shape index (κ3) is 5.33. The van der Waals surface area contributed by atoms with Gasteiger partial charge in [0.05, 0.1) is 34.2 Å². The predicted molar refractivity (Wildman–Crippen MR) is 126 cm³/mol. The van der Waals surface area contributed by atoms with Crippen molar-refractivity contribution in [2.75, 3.05) is 18.2 Å². The van der Waals surface area contributed by atoms with E-state index in [0.29, 0.717) is 37.9 Å². The minimum absolute atomic E-state index is 0.0824. The van der Waals surface area contributed by atoms with Crippen LogP contribution in [0.1, 0.15) is 18.5 Å². The van der Waals surface area contributed by atoms with Crippen molar-refractivity contribution in [2.24, 2.45) is 10.7 Å². The number of rotatable bonds is 6. The lowest BCUT2D eigenvalue weighted by Crippen LogP contribution is -2.33. The first-order chi connectivity index (χ1) is 14.8. The summed E-state index contributed by atoms with van der Waals surface area (Å²) in [6, 6.07) is 11.5. The smallest absolute Gasteiger partial charge is 0.248 e. The highest BCUT2D eigenvalue weighted by Gasteiger charge is 2.30. The Morgan fingerprint density at radius 3 is 2.68 bits per heavy atom. The second-order valence-electron chi connectivity index (χ2n) is 6.54. The predicted octanol–water partition coefficient (Wildman–Crippen LogP) is 4.13. The Hall–Kier alpha value is -2.68. The third-order valence-electron chi connectivity index (χ3n) is 4.48. The number of benzene rings is 2. The van der Waals surface area contributed by atoms with E-state index in [9.17, 15) is 9.59 Å². The summed E-state index contributed by atoms with van der Waals surface area (Å²) in [5.41, 5.74) is 7.54. The molecule has 10 heteroatoms. The number of hydrogen-bond acceptors (Lipinski definition) is 6. The molecule has 1 atom stereocenters. The fourth-order valence-electron chi connectivity index (χ4n) is 3.06. The van der Waals surface area contributed by atoms with Crippen LogP contribution >= 0.6 is 35.0 Å². The van der Waals surface area contributed by atoms with Crippen LogP contribution in [0.4, 0.5) is 5.69 Å². The number of nitrogens with one attached hydrogen (secondary N) is 2. The topological polar surface area (TPSA) is 106 Å². The van der Waals surface area contributed by atoms with Crippen LogP contribution < -0.4 is 21.1 Å². The molecule has 2 aromatic rings. The van der Waals surface area contributed by atoms with Gasteiger partial charge in [0, 0.05) is 11.3 Å². The molecule has 4 N–H and O–H groups in total. The number of methoxy groups -OCH3 is 1. The van der Waals surface area contributed by atoms with Crippen LogP contribution in [0.2, 0.25) is 10.0 Å². The number of allylic oxidation sites excluding steroid dienone is 1. The van der Waals surface area contributed by atoms with Crippen LogP contribution in [0.5, 0.6) is 5.75 Å². The Kier molecular flexibility index (Phi) is 7.48. The normalized spacial score (nSPS) is 15.7. The lowest BCUT2D eigenvalue weighted by molar-refractivity contribution is -0.115. The fraction of sp³-hybridized carbons (Fsp3) is 0.190. The zero-order valence-electron chi connectivity index (χ0n) is 16.7. The van der Waals surface area contributed by atoms with Crippen LogP contribution in [-0.2, 0) is 9.59 Å². The highest BCUT2D eigenvalue weighted by atomic mass is 35.5. The molecule has 7 nitrogen and oxygen atoms in total. The number of nitrogens with two attached hydrogens (primary N) is 1. The van der Waals surface area contributed by atoms with E-state index in [1.54, 1.807) is 43.3 Å². The molecule has 0 fully saturated rings. The summed E-state index contributed by atoms with van der Waals surface area (Å²) in [4.78, 5) is 29.1. The van der Waals surface area contributed by atoms with Gasteiger partial charge in [0.2, 0.25) is 11.8 Å². The average molecular weight is 479 g/mol. The number of halogens is 2. The summed E-state index contributed by atoms with van der Waals surface area (Å²) in [6.45, 7) is 1.72. The van der Waals surface area contributed by atoms with Gasteiger partial charge in [-0.2, -0.15) is 0 Å². The number of anilines is 1. The van der Waals surface area contributed by atoms with Crippen LogP contribution in [0.25, 0.3) is 0 Å². The Balaban J connectivity index is 1.79. The van der Waals surface area contributed by atoms with Crippen molar-refractivity contribution < 1.29 is 14.3 Å². The minimum atomic E-state index is -0.732. The minimum Gasteiger partial charge on any atom is -0.495 e. The number of carbonyl (C=O) groups excluding carboxylic acids is 2. The molecule has 0 bridgehead atoms. The maximum absolute atomic E-state index is 12.4. The number of amides is 2. The molecule has 2 amide bonds.